The molecule has 0 spiro atoms. The van der Waals surface area contributed by atoms with Crippen LogP contribution < -0.4 is 10.6 Å². The minimum Gasteiger partial charge on any atom is -0.459 e. The van der Waals surface area contributed by atoms with Crippen LogP contribution in [0, 0.1) is 0 Å². The molecule has 6 nitrogen and oxygen atoms in total. The Labute approximate surface area is 126 Å². The second kappa shape index (κ2) is 7.05. The molecule has 0 saturated heterocycles. The largest absolute Gasteiger partial charge is 0.459 e. The van der Waals surface area contributed by atoms with E-state index < -0.39 is 0 Å². The van der Waals surface area contributed by atoms with Gasteiger partial charge in [-0.15, -0.1) is 11.3 Å². The summed E-state index contributed by atoms with van der Waals surface area (Å²) in [7, 11) is 3.56. The van der Waals surface area contributed by atoms with Gasteiger partial charge in [-0.2, -0.15) is 0 Å². The Bertz CT molecular complexity index is 607. The minimum atomic E-state index is -0.366. The predicted octanol–water partition coefficient (Wildman–Crippen LogP) is 1.88. The lowest BCUT2D eigenvalue weighted by Gasteiger charge is -2.17. The van der Waals surface area contributed by atoms with Crippen LogP contribution >= 0.6 is 11.3 Å². The van der Waals surface area contributed by atoms with E-state index in [9.17, 15) is 9.59 Å². The van der Waals surface area contributed by atoms with Crippen LogP contribution in [0.5, 0.6) is 0 Å². The van der Waals surface area contributed by atoms with Crippen molar-refractivity contribution in [1.82, 2.24) is 10.2 Å². The molecule has 0 aliphatic carbocycles. The minimum absolute atomic E-state index is 0.124. The molecule has 2 heterocycles. The van der Waals surface area contributed by atoms with E-state index >= 15 is 0 Å². The molecular weight excluding hydrogens is 290 g/mol. The zero-order valence-electron chi connectivity index (χ0n) is 11.9. The maximum atomic E-state index is 12.3. The maximum Gasteiger partial charge on any atom is 0.291 e. The second-order valence-corrected chi connectivity index (χ2v) is 5.34. The molecule has 0 aromatic carbocycles. The van der Waals surface area contributed by atoms with Gasteiger partial charge in [0, 0.05) is 20.1 Å². The molecule has 2 rings (SSSR count). The van der Waals surface area contributed by atoms with Gasteiger partial charge in [0.05, 0.1) is 11.8 Å². The average molecular weight is 307 g/mol. The molecule has 0 aliphatic rings. The summed E-state index contributed by atoms with van der Waals surface area (Å²) in [6.07, 6.45) is 1.43. The number of anilines is 1. The molecular formula is C14H17N3O3S. The fraction of sp³-hybridized carbons (Fsp3) is 0.286. The van der Waals surface area contributed by atoms with E-state index in [1.807, 2.05) is 7.05 Å². The van der Waals surface area contributed by atoms with E-state index in [0.29, 0.717) is 23.7 Å². The van der Waals surface area contributed by atoms with Crippen LogP contribution in [0.3, 0.4) is 0 Å². The lowest BCUT2D eigenvalue weighted by molar-refractivity contribution is 0.0798. The number of likely N-dealkylation sites (N-methyl/N-ethyl adjacent to an activating group) is 2. The van der Waals surface area contributed by atoms with Crippen molar-refractivity contribution in [3.63, 3.8) is 0 Å². The predicted molar refractivity (Wildman–Crippen MR) is 81.9 cm³/mol. The number of furan rings is 1. The van der Waals surface area contributed by atoms with Gasteiger partial charge in [-0.25, -0.2) is 0 Å². The summed E-state index contributed by atoms with van der Waals surface area (Å²) in [6.45, 7) is 1.30. The van der Waals surface area contributed by atoms with Crippen LogP contribution in [0.2, 0.25) is 0 Å². The molecule has 2 amide bonds. The monoisotopic (exact) mass is 307 g/mol. The standard InChI is InChI=1S/C14H17N3O3S/c1-15-6-7-17(2)14(19)10-5-9-21-13(10)16-12(18)11-4-3-8-20-11/h3-5,8-9,15H,6-7H2,1-2H3,(H,16,18). The van der Waals surface area contributed by atoms with Crippen LogP contribution in [0.1, 0.15) is 20.9 Å². The first-order valence-corrected chi connectivity index (χ1v) is 7.34. The Morgan fingerprint density at radius 1 is 1.38 bits per heavy atom. The van der Waals surface area contributed by atoms with Gasteiger partial charge < -0.3 is 20.0 Å². The zero-order chi connectivity index (χ0) is 15.2. The van der Waals surface area contributed by atoms with Crippen LogP contribution in [-0.4, -0.2) is 43.9 Å². The molecule has 2 N–H and O–H groups in total. The number of carbonyl (C=O) groups is 2. The summed E-state index contributed by atoms with van der Waals surface area (Å²) < 4.78 is 5.03. The highest BCUT2D eigenvalue weighted by Crippen LogP contribution is 2.25. The Hall–Kier alpha value is -2.12. The number of nitrogens with zero attached hydrogens (tertiary/aromatic N) is 1. The highest BCUT2D eigenvalue weighted by molar-refractivity contribution is 7.14. The van der Waals surface area contributed by atoms with Crippen LogP contribution in [0.4, 0.5) is 5.00 Å². The van der Waals surface area contributed by atoms with Gasteiger partial charge in [0.1, 0.15) is 5.00 Å². The topological polar surface area (TPSA) is 74.6 Å². The van der Waals surface area contributed by atoms with Crippen molar-refractivity contribution in [1.29, 1.82) is 0 Å². The zero-order valence-corrected chi connectivity index (χ0v) is 12.7. The highest BCUT2D eigenvalue weighted by Gasteiger charge is 2.19. The lowest BCUT2D eigenvalue weighted by Crippen LogP contribution is -2.33. The second-order valence-electron chi connectivity index (χ2n) is 4.43. The fourth-order valence-corrected chi connectivity index (χ4v) is 2.51. The molecule has 0 radical (unpaired) electrons. The molecule has 2 aromatic heterocycles. The first-order chi connectivity index (χ1) is 10.1. The Kier molecular flexibility index (Phi) is 5.13. The molecule has 112 valence electrons. The number of thiophene rings is 1. The summed E-state index contributed by atoms with van der Waals surface area (Å²) >= 11 is 1.31. The van der Waals surface area contributed by atoms with Gasteiger partial charge in [-0.3, -0.25) is 9.59 Å². The molecule has 0 fully saturated rings. The molecule has 7 heteroatoms. The van der Waals surface area contributed by atoms with E-state index in [4.69, 9.17) is 4.42 Å². The number of rotatable bonds is 6. The lowest BCUT2D eigenvalue weighted by atomic mass is 10.2. The third-order valence-corrected chi connectivity index (χ3v) is 3.74. The Morgan fingerprint density at radius 2 is 2.19 bits per heavy atom. The molecule has 0 bridgehead atoms. The number of nitrogens with one attached hydrogen (secondary N) is 2. The SMILES string of the molecule is CNCCN(C)C(=O)c1ccsc1NC(=O)c1ccco1. The fourth-order valence-electron chi connectivity index (χ4n) is 1.73. The third kappa shape index (κ3) is 3.71. The van der Waals surface area contributed by atoms with E-state index in [0.717, 1.165) is 0 Å². The van der Waals surface area contributed by atoms with Crippen molar-refractivity contribution < 1.29 is 14.0 Å². The van der Waals surface area contributed by atoms with Crippen molar-refractivity contribution in [2.45, 2.75) is 0 Å². The summed E-state index contributed by atoms with van der Waals surface area (Å²) in [5, 5.41) is 8.00. The maximum absolute atomic E-state index is 12.3. The summed E-state index contributed by atoms with van der Waals surface area (Å²) in [5.41, 5.74) is 0.485. The van der Waals surface area contributed by atoms with Gasteiger partial charge in [-0.1, -0.05) is 0 Å². The Balaban J connectivity index is 2.08. The first-order valence-electron chi connectivity index (χ1n) is 6.46. The molecule has 0 unspecified atom stereocenters. The van der Waals surface area contributed by atoms with Crippen LogP contribution in [0.25, 0.3) is 0 Å². The Morgan fingerprint density at radius 3 is 2.86 bits per heavy atom. The van der Waals surface area contributed by atoms with E-state index in [-0.39, 0.29) is 17.6 Å². The van der Waals surface area contributed by atoms with Crippen LogP contribution in [-0.2, 0) is 0 Å². The number of hydrogen-bond donors (Lipinski definition) is 2. The first kappa shape index (κ1) is 15.3. The van der Waals surface area contributed by atoms with E-state index in [2.05, 4.69) is 10.6 Å². The van der Waals surface area contributed by atoms with Crippen molar-refractivity contribution in [2.24, 2.45) is 0 Å². The van der Waals surface area contributed by atoms with Gasteiger partial charge >= 0.3 is 0 Å². The van der Waals surface area contributed by atoms with Gasteiger partial charge in [0.15, 0.2) is 5.76 Å². The number of amides is 2. The van der Waals surface area contributed by atoms with E-state index in [1.165, 1.54) is 17.6 Å². The highest BCUT2D eigenvalue weighted by atomic mass is 32.1. The molecule has 21 heavy (non-hydrogen) atoms. The molecule has 0 atom stereocenters. The summed E-state index contributed by atoms with van der Waals surface area (Å²) in [6, 6.07) is 4.92. The van der Waals surface area contributed by atoms with Crippen molar-refractivity contribution in [3.05, 3.63) is 41.2 Å². The quantitative estimate of drug-likeness (QED) is 0.854. The van der Waals surface area contributed by atoms with Crippen molar-refractivity contribution >= 4 is 28.2 Å². The van der Waals surface area contributed by atoms with Crippen molar-refractivity contribution in [2.75, 3.05) is 32.5 Å². The number of hydrogen-bond acceptors (Lipinski definition) is 5. The summed E-state index contributed by atoms with van der Waals surface area (Å²) in [5.74, 6) is -0.277. The van der Waals surface area contributed by atoms with Crippen LogP contribution in [0.15, 0.2) is 34.3 Å². The van der Waals surface area contributed by atoms with Gasteiger partial charge in [0.2, 0.25) is 0 Å². The molecule has 2 aromatic rings. The molecule has 0 saturated carbocycles. The van der Waals surface area contributed by atoms with Gasteiger partial charge in [0.25, 0.3) is 11.8 Å². The average Bonchev–Trinajstić information content (AvgIpc) is 3.14. The van der Waals surface area contributed by atoms with Gasteiger partial charge in [-0.05, 0) is 30.6 Å². The smallest absolute Gasteiger partial charge is 0.291 e. The third-order valence-electron chi connectivity index (χ3n) is 2.91. The molecule has 0 aliphatic heterocycles. The normalized spacial score (nSPS) is 10.4. The van der Waals surface area contributed by atoms with Crippen molar-refractivity contribution in [3.8, 4) is 0 Å². The van der Waals surface area contributed by atoms with E-state index in [1.54, 1.807) is 35.5 Å². The number of carbonyl (C=O) groups excluding carboxylic acids is 2. The summed E-state index contributed by atoms with van der Waals surface area (Å²) in [4.78, 5) is 25.9.